The minimum atomic E-state index is -4.74. The van der Waals surface area contributed by atoms with E-state index in [1.165, 1.54) is 0 Å². The molecular formula is C15H18F3NO3. The third-order valence-corrected chi connectivity index (χ3v) is 3.88. The van der Waals surface area contributed by atoms with E-state index in [-0.39, 0.29) is 13.2 Å². The van der Waals surface area contributed by atoms with E-state index in [1.807, 2.05) is 32.0 Å². The predicted molar refractivity (Wildman–Crippen MR) is 73.6 cm³/mol. The first kappa shape index (κ1) is 16.6. The van der Waals surface area contributed by atoms with Gasteiger partial charge >= 0.3 is 6.18 Å². The molecule has 0 radical (unpaired) electrons. The Balaban J connectivity index is 1.97. The van der Waals surface area contributed by atoms with Crippen LogP contribution in [0.15, 0.2) is 18.2 Å². The summed E-state index contributed by atoms with van der Waals surface area (Å²) in [6.07, 6.45) is -5.25. The zero-order valence-electron chi connectivity index (χ0n) is 12.4. The summed E-state index contributed by atoms with van der Waals surface area (Å²) in [6, 6.07) is 5.50. The molecule has 1 amide bonds. The number of aliphatic hydroxyl groups is 1. The molecule has 1 aromatic rings. The van der Waals surface area contributed by atoms with Gasteiger partial charge in [0.2, 0.25) is 0 Å². The van der Waals surface area contributed by atoms with E-state index in [0.29, 0.717) is 5.75 Å². The van der Waals surface area contributed by atoms with E-state index in [4.69, 9.17) is 4.74 Å². The highest BCUT2D eigenvalue weighted by atomic mass is 19.4. The molecule has 122 valence electrons. The standard InChI is InChI=1S/C15H18F3NO3/c1-10-4-3-5-11(2)13(10)22-8-12(20)19-7-6-14(21,9-19)15(16,17)18/h3-5,21H,6-9H2,1-2H3. The molecule has 1 atom stereocenters. The van der Waals surface area contributed by atoms with E-state index >= 15 is 0 Å². The van der Waals surface area contributed by atoms with Gasteiger partial charge in [0.05, 0.1) is 6.54 Å². The van der Waals surface area contributed by atoms with Crippen molar-refractivity contribution in [1.29, 1.82) is 0 Å². The number of hydrogen-bond donors (Lipinski definition) is 1. The lowest BCUT2D eigenvalue weighted by Crippen LogP contribution is -2.48. The van der Waals surface area contributed by atoms with E-state index in [0.717, 1.165) is 16.0 Å². The van der Waals surface area contributed by atoms with Gasteiger partial charge in [-0.05, 0) is 25.0 Å². The molecule has 1 fully saturated rings. The van der Waals surface area contributed by atoms with Gasteiger partial charge < -0.3 is 14.7 Å². The lowest BCUT2D eigenvalue weighted by atomic mass is 10.0. The fraction of sp³-hybridized carbons (Fsp3) is 0.533. The number of hydrogen-bond acceptors (Lipinski definition) is 3. The molecule has 0 aliphatic carbocycles. The van der Waals surface area contributed by atoms with Crippen LogP contribution in [0, 0.1) is 13.8 Å². The number of carbonyl (C=O) groups is 1. The van der Waals surface area contributed by atoms with Crippen LogP contribution in [-0.4, -0.2) is 47.4 Å². The first-order chi connectivity index (χ1) is 10.1. The number of likely N-dealkylation sites (tertiary alicyclic amines) is 1. The van der Waals surface area contributed by atoms with Crippen LogP contribution in [-0.2, 0) is 4.79 Å². The molecule has 0 bridgehead atoms. The minimum absolute atomic E-state index is 0.134. The molecule has 22 heavy (non-hydrogen) atoms. The molecule has 0 spiro atoms. The Morgan fingerprint density at radius 3 is 2.45 bits per heavy atom. The quantitative estimate of drug-likeness (QED) is 0.930. The monoisotopic (exact) mass is 317 g/mol. The van der Waals surface area contributed by atoms with Crippen LogP contribution >= 0.6 is 0 Å². The molecule has 1 heterocycles. The molecular weight excluding hydrogens is 299 g/mol. The summed E-state index contributed by atoms with van der Waals surface area (Å²) in [5.74, 6) is -0.0102. The van der Waals surface area contributed by atoms with Crippen molar-refractivity contribution in [3.63, 3.8) is 0 Å². The molecule has 1 aliphatic rings. The van der Waals surface area contributed by atoms with Crippen LogP contribution in [0.2, 0.25) is 0 Å². The Morgan fingerprint density at radius 2 is 1.95 bits per heavy atom. The Hall–Kier alpha value is -1.76. The molecule has 0 aromatic heterocycles. The van der Waals surface area contributed by atoms with Gasteiger partial charge in [0, 0.05) is 13.0 Å². The number of carbonyl (C=O) groups excluding carboxylic acids is 1. The van der Waals surface area contributed by atoms with Crippen LogP contribution in [0.4, 0.5) is 13.2 Å². The van der Waals surface area contributed by atoms with Gasteiger partial charge in [0.25, 0.3) is 5.91 Å². The van der Waals surface area contributed by atoms with Crippen LogP contribution < -0.4 is 4.74 Å². The van der Waals surface area contributed by atoms with Gasteiger partial charge in [-0.25, -0.2) is 0 Å². The molecule has 1 aromatic carbocycles. The fourth-order valence-corrected chi connectivity index (χ4v) is 2.49. The first-order valence-electron chi connectivity index (χ1n) is 6.90. The zero-order valence-corrected chi connectivity index (χ0v) is 12.4. The summed E-state index contributed by atoms with van der Waals surface area (Å²) in [4.78, 5) is 13.0. The summed E-state index contributed by atoms with van der Waals surface area (Å²) < 4.78 is 43.6. The number of aryl methyl sites for hydroxylation is 2. The Morgan fingerprint density at radius 1 is 1.36 bits per heavy atom. The van der Waals surface area contributed by atoms with Crippen molar-refractivity contribution in [2.45, 2.75) is 32.0 Å². The third-order valence-electron chi connectivity index (χ3n) is 3.88. The highest BCUT2D eigenvalue weighted by Gasteiger charge is 2.57. The number of alkyl halides is 3. The van der Waals surface area contributed by atoms with Crippen molar-refractivity contribution in [1.82, 2.24) is 4.90 Å². The maximum absolute atomic E-state index is 12.7. The highest BCUT2D eigenvalue weighted by Crippen LogP contribution is 2.37. The van der Waals surface area contributed by atoms with E-state index < -0.39 is 30.7 Å². The number of rotatable bonds is 3. The lowest BCUT2D eigenvalue weighted by molar-refractivity contribution is -0.253. The van der Waals surface area contributed by atoms with Crippen LogP contribution in [0.5, 0.6) is 5.75 Å². The number of halogens is 3. The molecule has 1 unspecified atom stereocenters. The minimum Gasteiger partial charge on any atom is -0.483 e. The van der Waals surface area contributed by atoms with E-state index in [2.05, 4.69) is 0 Å². The molecule has 1 aliphatic heterocycles. The van der Waals surface area contributed by atoms with Crippen molar-refractivity contribution in [3.05, 3.63) is 29.3 Å². The maximum Gasteiger partial charge on any atom is 0.419 e. The largest absolute Gasteiger partial charge is 0.483 e. The van der Waals surface area contributed by atoms with Gasteiger partial charge in [0.15, 0.2) is 12.2 Å². The number of benzene rings is 1. The second-order valence-corrected chi connectivity index (χ2v) is 5.60. The smallest absolute Gasteiger partial charge is 0.419 e. The summed E-state index contributed by atoms with van der Waals surface area (Å²) in [5.41, 5.74) is -1.12. The Bertz CT molecular complexity index is 553. The first-order valence-corrected chi connectivity index (χ1v) is 6.90. The number of para-hydroxylation sites is 1. The lowest BCUT2D eigenvalue weighted by Gasteiger charge is -2.26. The number of β-amino-alcohol motifs (C(OH)–C–C–N with tert-alkyl or cyclic N) is 1. The topological polar surface area (TPSA) is 49.8 Å². The van der Waals surface area contributed by atoms with E-state index in [1.54, 1.807) is 0 Å². The molecule has 2 rings (SSSR count). The summed E-state index contributed by atoms with van der Waals surface area (Å²) in [7, 11) is 0. The van der Waals surface area contributed by atoms with Crippen molar-refractivity contribution in [2.75, 3.05) is 19.7 Å². The predicted octanol–water partition coefficient (Wildman–Crippen LogP) is 2.21. The number of amides is 1. The van der Waals surface area contributed by atoms with Crippen molar-refractivity contribution >= 4 is 5.91 Å². The third kappa shape index (κ3) is 3.19. The normalized spacial score (nSPS) is 22.0. The molecule has 1 N–H and O–H groups in total. The average molecular weight is 317 g/mol. The molecule has 7 heteroatoms. The second-order valence-electron chi connectivity index (χ2n) is 5.60. The highest BCUT2D eigenvalue weighted by molar-refractivity contribution is 5.78. The molecule has 4 nitrogen and oxygen atoms in total. The van der Waals surface area contributed by atoms with Crippen LogP contribution in [0.1, 0.15) is 17.5 Å². The SMILES string of the molecule is Cc1cccc(C)c1OCC(=O)N1CCC(O)(C(F)(F)F)C1. The Labute approximate surface area is 126 Å². The summed E-state index contributed by atoms with van der Waals surface area (Å²) in [5, 5.41) is 9.56. The van der Waals surface area contributed by atoms with Crippen LogP contribution in [0.3, 0.4) is 0 Å². The zero-order chi connectivity index (χ0) is 16.5. The van der Waals surface area contributed by atoms with Gasteiger partial charge in [-0.2, -0.15) is 13.2 Å². The second kappa shape index (κ2) is 5.79. The number of nitrogens with zero attached hydrogens (tertiary/aromatic N) is 1. The summed E-state index contributed by atoms with van der Waals surface area (Å²) >= 11 is 0. The van der Waals surface area contributed by atoms with Gasteiger partial charge in [0.1, 0.15) is 5.75 Å². The van der Waals surface area contributed by atoms with Crippen LogP contribution in [0.25, 0.3) is 0 Å². The average Bonchev–Trinajstić information content (AvgIpc) is 2.81. The summed E-state index contributed by atoms with van der Waals surface area (Å²) in [6.45, 7) is 2.42. The van der Waals surface area contributed by atoms with Crippen molar-refractivity contribution in [3.8, 4) is 5.75 Å². The number of ether oxygens (including phenoxy) is 1. The van der Waals surface area contributed by atoms with Crippen molar-refractivity contribution < 1.29 is 27.8 Å². The Kier molecular flexibility index (Phi) is 4.37. The molecule has 1 saturated heterocycles. The van der Waals surface area contributed by atoms with Gasteiger partial charge in [-0.3, -0.25) is 4.79 Å². The fourth-order valence-electron chi connectivity index (χ4n) is 2.49. The van der Waals surface area contributed by atoms with Gasteiger partial charge in [-0.15, -0.1) is 0 Å². The molecule has 0 saturated carbocycles. The van der Waals surface area contributed by atoms with Gasteiger partial charge in [-0.1, -0.05) is 18.2 Å². The van der Waals surface area contributed by atoms with Crippen molar-refractivity contribution in [2.24, 2.45) is 0 Å². The van der Waals surface area contributed by atoms with E-state index in [9.17, 15) is 23.1 Å². The maximum atomic E-state index is 12.7.